The first kappa shape index (κ1) is 13.5. The highest BCUT2D eigenvalue weighted by molar-refractivity contribution is 6.08. The van der Waals surface area contributed by atoms with Gasteiger partial charge in [-0.1, -0.05) is 74.4 Å². The van der Waals surface area contributed by atoms with E-state index in [4.69, 9.17) is 0 Å². The Hall–Kier alpha value is -1.89. The van der Waals surface area contributed by atoms with Crippen LogP contribution in [0.3, 0.4) is 0 Å². The molecule has 0 aromatic heterocycles. The molecule has 98 valence electrons. The maximum Gasteiger partial charge on any atom is 0.193 e. The predicted octanol–water partition coefficient (Wildman–Crippen LogP) is 4.65. The number of rotatable bonds is 6. The number of carbonyl (C=O) groups is 1. The average Bonchev–Trinajstić information content (AvgIpc) is 2.48. The lowest BCUT2D eigenvalue weighted by molar-refractivity contribution is 0.103. The van der Waals surface area contributed by atoms with Crippen LogP contribution in [0.4, 0.5) is 0 Å². The third-order valence-corrected chi connectivity index (χ3v) is 3.32. The molecule has 0 aliphatic heterocycles. The summed E-state index contributed by atoms with van der Waals surface area (Å²) in [4.78, 5) is 12.2. The van der Waals surface area contributed by atoms with Crippen LogP contribution >= 0.6 is 0 Å². The zero-order valence-corrected chi connectivity index (χ0v) is 11.4. The Labute approximate surface area is 115 Å². The van der Waals surface area contributed by atoms with Gasteiger partial charge in [-0.05, 0) is 18.4 Å². The normalized spacial score (nSPS) is 10.4. The molecule has 1 nitrogen and oxygen atoms in total. The van der Waals surface area contributed by atoms with Gasteiger partial charge in [-0.3, -0.25) is 4.79 Å². The zero-order chi connectivity index (χ0) is 13.5. The van der Waals surface area contributed by atoms with Crippen LogP contribution in [0.15, 0.2) is 54.6 Å². The van der Waals surface area contributed by atoms with Gasteiger partial charge in [0.1, 0.15) is 0 Å². The Morgan fingerprint density at radius 1 is 0.842 bits per heavy atom. The van der Waals surface area contributed by atoms with Crippen molar-refractivity contribution >= 4 is 5.78 Å². The summed E-state index contributed by atoms with van der Waals surface area (Å²) in [6, 6.07) is 17.5. The van der Waals surface area contributed by atoms with Crippen molar-refractivity contribution in [2.75, 3.05) is 0 Å². The molecule has 2 aromatic rings. The van der Waals surface area contributed by atoms with Crippen LogP contribution in [0.2, 0.25) is 0 Å². The lowest BCUT2D eigenvalue weighted by Crippen LogP contribution is -2.00. The summed E-state index contributed by atoms with van der Waals surface area (Å²) in [6.45, 7) is 2.21. The van der Waals surface area contributed by atoms with Crippen molar-refractivity contribution in [2.45, 2.75) is 32.6 Å². The molecular weight excluding hydrogens is 232 g/mol. The molecule has 19 heavy (non-hydrogen) atoms. The quantitative estimate of drug-likeness (QED) is 0.540. The van der Waals surface area contributed by atoms with Gasteiger partial charge in [0.05, 0.1) is 0 Å². The van der Waals surface area contributed by atoms with Crippen LogP contribution < -0.4 is 0 Å². The molecule has 0 unspecified atom stereocenters. The largest absolute Gasteiger partial charge is 0.289 e. The smallest absolute Gasteiger partial charge is 0.193 e. The molecule has 2 rings (SSSR count). The van der Waals surface area contributed by atoms with Gasteiger partial charge >= 0.3 is 0 Å². The topological polar surface area (TPSA) is 17.1 Å². The second-order valence-electron chi connectivity index (χ2n) is 4.85. The maximum absolute atomic E-state index is 12.2. The van der Waals surface area contributed by atoms with Crippen LogP contribution in [0.25, 0.3) is 0 Å². The van der Waals surface area contributed by atoms with Crippen molar-refractivity contribution < 1.29 is 4.79 Å². The second-order valence-corrected chi connectivity index (χ2v) is 4.85. The molecule has 0 aliphatic carbocycles. The number of benzene rings is 2. The van der Waals surface area contributed by atoms with Crippen LogP contribution in [-0.2, 0) is 6.42 Å². The molecule has 0 atom stereocenters. The van der Waals surface area contributed by atoms with Crippen molar-refractivity contribution in [3.05, 3.63) is 71.3 Å². The molecule has 1 heteroatoms. The number of aryl methyl sites for hydroxylation is 1. The third kappa shape index (κ3) is 3.78. The Morgan fingerprint density at radius 3 is 2.11 bits per heavy atom. The van der Waals surface area contributed by atoms with Gasteiger partial charge in [-0.2, -0.15) is 0 Å². The minimum atomic E-state index is 0.0979. The highest BCUT2D eigenvalue weighted by atomic mass is 16.1. The molecule has 0 saturated carbocycles. The summed E-state index contributed by atoms with van der Waals surface area (Å²) < 4.78 is 0. The maximum atomic E-state index is 12.2. The van der Waals surface area contributed by atoms with Gasteiger partial charge in [-0.25, -0.2) is 0 Å². The van der Waals surface area contributed by atoms with Crippen LogP contribution in [0.5, 0.6) is 0 Å². The minimum absolute atomic E-state index is 0.0979. The van der Waals surface area contributed by atoms with E-state index in [2.05, 4.69) is 19.1 Å². The summed E-state index contributed by atoms with van der Waals surface area (Å²) in [6.07, 6.45) is 4.84. The van der Waals surface area contributed by atoms with Crippen molar-refractivity contribution in [1.29, 1.82) is 0 Å². The summed E-state index contributed by atoms with van der Waals surface area (Å²) >= 11 is 0. The summed E-state index contributed by atoms with van der Waals surface area (Å²) in [5.41, 5.74) is 2.84. The fourth-order valence-corrected chi connectivity index (χ4v) is 2.16. The summed E-state index contributed by atoms with van der Waals surface area (Å²) in [5.74, 6) is 0.0979. The standard InChI is InChI=1S/C18H20O/c1-2-3-5-8-15-11-13-17(14-12-15)18(19)16-9-6-4-7-10-16/h4,6-7,9-14H,2-3,5,8H2,1H3. The molecule has 0 saturated heterocycles. The van der Waals surface area contributed by atoms with E-state index in [0.717, 1.165) is 17.5 Å². The predicted molar refractivity (Wildman–Crippen MR) is 79.5 cm³/mol. The van der Waals surface area contributed by atoms with Gasteiger partial charge in [0.15, 0.2) is 5.78 Å². The second kappa shape index (κ2) is 6.89. The summed E-state index contributed by atoms with van der Waals surface area (Å²) in [5, 5.41) is 0. The number of ketones is 1. The number of unbranched alkanes of at least 4 members (excludes halogenated alkanes) is 2. The SMILES string of the molecule is CCCCCc1ccc(C(=O)c2ccccc2)cc1. The Bertz CT molecular complexity index is 511. The lowest BCUT2D eigenvalue weighted by atomic mass is 10.0. The third-order valence-electron chi connectivity index (χ3n) is 3.32. The van der Waals surface area contributed by atoms with E-state index in [0.29, 0.717) is 0 Å². The molecule has 0 N–H and O–H groups in total. The van der Waals surface area contributed by atoms with Crippen molar-refractivity contribution in [3.63, 3.8) is 0 Å². The van der Waals surface area contributed by atoms with Crippen LogP contribution in [-0.4, -0.2) is 5.78 Å². The van der Waals surface area contributed by atoms with Gasteiger partial charge < -0.3 is 0 Å². The Kier molecular flexibility index (Phi) is 4.91. The van der Waals surface area contributed by atoms with Crippen molar-refractivity contribution in [1.82, 2.24) is 0 Å². The Morgan fingerprint density at radius 2 is 1.47 bits per heavy atom. The highest BCUT2D eigenvalue weighted by Crippen LogP contribution is 2.12. The lowest BCUT2D eigenvalue weighted by Gasteiger charge is -2.04. The average molecular weight is 252 g/mol. The minimum Gasteiger partial charge on any atom is -0.289 e. The van der Waals surface area contributed by atoms with Gasteiger partial charge in [-0.15, -0.1) is 0 Å². The fourth-order valence-electron chi connectivity index (χ4n) is 2.16. The molecule has 0 heterocycles. The summed E-state index contributed by atoms with van der Waals surface area (Å²) in [7, 11) is 0. The monoisotopic (exact) mass is 252 g/mol. The Balaban J connectivity index is 2.04. The zero-order valence-electron chi connectivity index (χ0n) is 11.4. The number of hydrogen-bond donors (Lipinski definition) is 0. The van der Waals surface area contributed by atoms with Gasteiger partial charge in [0, 0.05) is 11.1 Å². The first-order valence-corrected chi connectivity index (χ1v) is 7.00. The van der Waals surface area contributed by atoms with E-state index in [-0.39, 0.29) is 5.78 Å². The van der Waals surface area contributed by atoms with E-state index >= 15 is 0 Å². The molecule has 0 radical (unpaired) electrons. The molecule has 0 amide bonds. The fraction of sp³-hybridized carbons (Fsp3) is 0.278. The molecule has 0 bridgehead atoms. The molecule has 2 aromatic carbocycles. The number of hydrogen-bond acceptors (Lipinski definition) is 1. The number of carbonyl (C=O) groups excluding carboxylic acids is 1. The van der Waals surface area contributed by atoms with Crippen LogP contribution in [0.1, 0.15) is 47.7 Å². The van der Waals surface area contributed by atoms with E-state index in [1.54, 1.807) is 0 Å². The molecular formula is C18H20O. The first-order valence-electron chi connectivity index (χ1n) is 7.00. The molecule has 0 spiro atoms. The van der Waals surface area contributed by atoms with E-state index < -0.39 is 0 Å². The first-order chi connectivity index (χ1) is 9.31. The van der Waals surface area contributed by atoms with Gasteiger partial charge in [0.25, 0.3) is 0 Å². The molecule has 0 aliphatic rings. The van der Waals surface area contributed by atoms with E-state index in [1.165, 1.54) is 24.8 Å². The van der Waals surface area contributed by atoms with Crippen LogP contribution in [0, 0.1) is 0 Å². The van der Waals surface area contributed by atoms with E-state index in [1.807, 2.05) is 42.5 Å². The molecule has 0 fully saturated rings. The van der Waals surface area contributed by atoms with Gasteiger partial charge in [0.2, 0.25) is 0 Å². The van der Waals surface area contributed by atoms with Crippen molar-refractivity contribution in [2.24, 2.45) is 0 Å². The van der Waals surface area contributed by atoms with E-state index in [9.17, 15) is 4.79 Å². The highest BCUT2D eigenvalue weighted by Gasteiger charge is 2.07. The van der Waals surface area contributed by atoms with Crippen molar-refractivity contribution in [3.8, 4) is 0 Å².